The maximum Gasteiger partial charge on any atom is 0.286 e. The van der Waals surface area contributed by atoms with Gasteiger partial charge in [-0.05, 0) is 39.8 Å². The van der Waals surface area contributed by atoms with Crippen LogP contribution in [-0.4, -0.2) is 32.1 Å². The number of pyridine rings is 1. The molecule has 1 amide bonds. The van der Waals surface area contributed by atoms with E-state index in [9.17, 15) is 9.59 Å². The second-order valence-corrected chi connectivity index (χ2v) is 6.99. The lowest BCUT2D eigenvalue weighted by molar-refractivity contribution is -0.131. The fourth-order valence-corrected chi connectivity index (χ4v) is 2.99. The SMILES string of the molecule is Cc1c(C(C)NC(=O)C2=CC(=O)CC(C)(C)O2)cnn1-c1ccccn1. The van der Waals surface area contributed by atoms with Crippen LogP contribution in [0.1, 0.15) is 44.5 Å². The minimum Gasteiger partial charge on any atom is -0.482 e. The Hall–Kier alpha value is -2.96. The number of ketones is 1. The Bertz CT molecular complexity index is 868. The van der Waals surface area contributed by atoms with Gasteiger partial charge in [-0.25, -0.2) is 9.67 Å². The molecule has 0 aliphatic carbocycles. The van der Waals surface area contributed by atoms with E-state index in [0.717, 1.165) is 11.3 Å². The number of hydrogen-bond acceptors (Lipinski definition) is 5. The smallest absolute Gasteiger partial charge is 0.286 e. The second-order valence-electron chi connectivity index (χ2n) is 6.99. The first-order valence-electron chi connectivity index (χ1n) is 8.47. The summed E-state index contributed by atoms with van der Waals surface area (Å²) in [6.07, 6.45) is 4.93. The lowest BCUT2D eigenvalue weighted by Gasteiger charge is -2.30. The second kappa shape index (κ2) is 6.74. The summed E-state index contributed by atoms with van der Waals surface area (Å²) < 4.78 is 7.37. The summed E-state index contributed by atoms with van der Waals surface area (Å²) in [5, 5.41) is 7.24. The molecule has 0 saturated carbocycles. The van der Waals surface area contributed by atoms with Crippen LogP contribution in [0.5, 0.6) is 0 Å². The predicted octanol–water partition coefficient (Wildman–Crippen LogP) is 2.40. The standard InChI is InChI=1S/C19H22N4O3/c1-12(22-18(25)16-9-14(24)10-19(3,4)26-16)15-11-21-23(13(15)2)17-7-5-6-8-20-17/h5-9,11-12H,10H2,1-4H3,(H,22,25). The third-order valence-corrected chi connectivity index (χ3v) is 4.23. The number of ether oxygens (including phenoxy) is 1. The van der Waals surface area contributed by atoms with Crippen LogP contribution in [-0.2, 0) is 14.3 Å². The normalized spacial score (nSPS) is 17.2. The van der Waals surface area contributed by atoms with Crippen molar-refractivity contribution in [3.8, 4) is 5.82 Å². The molecule has 1 unspecified atom stereocenters. The van der Waals surface area contributed by atoms with Crippen molar-refractivity contribution >= 4 is 11.7 Å². The molecule has 1 aliphatic heterocycles. The highest BCUT2D eigenvalue weighted by Gasteiger charge is 2.32. The summed E-state index contributed by atoms with van der Waals surface area (Å²) in [7, 11) is 0. The highest BCUT2D eigenvalue weighted by Crippen LogP contribution is 2.26. The monoisotopic (exact) mass is 354 g/mol. The molecule has 3 rings (SSSR count). The molecule has 7 nitrogen and oxygen atoms in total. The fraction of sp³-hybridized carbons (Fsp3) is 0.368. The van der Waals surface area contributed by atoms with Crippen LogP contribution in [0.3, 0.4) is 0 Å². The summed E-state index contributed by atoms with van der Waals surface area (Å²) in [5.41, 5.74) is 1.07. The minimum absolute atomic E-state index is 0.0490. The Balaban J connectivity index is 1.77. The number of amides is 1. The molecule has 3 heterocycles. The Morgan fingerprint density at radius 3 is 2.81 bits per heavy atom. The summed E-state index contributed by atoms with van der Waals surface area (Å²) in [4.78, 5) is 28.6. The van der Waals surface area contributed by atoms with Gasteiger partial charge in [-0.15, -0.1) is 0 Å². The summed E-state index contributed by atoms with van der Waals surface area (Å²) >= 11 is 0. The molecule has 136 valence electrons. The van der Waals surface area contributed by atoms with E-state index < -0.39 is 11.5 Å². The van der Waals surface area contributed by atoms with Crippen molar-refractivity contribution in [3.63, 3.8) is 0 Å². The third-order valence-electron chi connectivity index (χ3n) is 4.23. The summed E-state index contributed by atoms with van der Waals surface area (Å²) in [6.45, 7) is 7.36. The number of nitrogens with zero attached hydrogens (tertiary/aromatic N) is 3. The van der Waals surface area contributed by atoms with Crippen molar-refractivity contribution in [1.29, 1.82) is 0 Å². The average Bonchev–Trinajstić information content (AvgIpc) is 2.95. The summed E-state index contributed by atoms with van der Waals surface area (Å²) in [6, 6.07) is 5.29. The largest absolute Gasteiger partial charge is 0.482 e. The van der Waals surface area contributed by atoms with Gasteiger partial charge >= 0.3 is 0 Å². The van der Waals surface area contributed by atoms with Crippen LogP contribution in [0.2, 0.25) is 0 Å². The molecule has 2 aromatic heterocycles. The lowest BCUT2D eigenvalue weighted by Crippen LogP contribution is -2.37. The van der Waals surface area contributed by atoms with Crippen LogP contribution in [0.25, 0.3) is 5.82 Å². The number of allylic oxidation sites excluding steroid dienone is 1. The molecule has 7 heteroatoms. The Morgan fingerprint density at radius 2 is 2.15 bits per heavy atom. The van der Waals surface area contributed by atoms with Gasteiger partial charge in [0.1, 0.15) is 5.60 Å². The van der Waals surface area contributed by atoms with E-state index in [0.29, 0.717) is 5.82 Å². The van der Waals surface area contributed by atoms with Crippen LogP contribution in [0.15, 0.2) is 42.4 Å². The van der Waals surface area contributed by atoms with E-state index >= 15 is 0 Å². The highest BCUT2D eigenvalue weighted by molar-refractivity contribution is 6.01. The Morgan fingerprint density at radius 1 is 1.38 bits per heavy atom. The zero-order valence-corrected chi connectivity index (χ0v) is 15.3. The molecule has 0 aromatic carbocycles. The zero-order valence-electron chi connectivity index (χ0n) is 15.3. The molecule has 0 radical (unpaired) electrons. The topological polar surface area (TPSA) is 86.1 Å². The number of nitrogens with one attached hydrogen (secondary N) is 1. The molecule has 2 aromatic rings. The van der Waals surface area contributed by atoms with Crippen LogP contribution >= 0.6 is 0 Å². The average molecular weight is 354 g/mol. The molecule has 26 heavy (non-hydrogen) atoms. The van der Waals surface area contributed by atoms with Gasteiger partial charge in [-0.3, -0.25) is 9.59 Å². The zero-order chi connectivity index (χ0) is 18.9. The number of hydrogen-bond donors (Lipinski definition) is 1. The number of aromatic nitrogens is 3. The van der Waals surface area contributed by atoms with Crippen molar-refractivity contribution in [3.05, 3.63) is 53.7 Å². The maximum absolute atomic E-state index is 12.5. The summed E-state index contributed by atoms with van der Waals surface area (Å²) in [5.74, 6) is 0.232. The number of rotatable bonds is 4. The molecule has 0 fully saturated rings. The van der Waals surface area contributed by atoms with Gasteiger partial charge in [0.15, 0.2) is 17.4 Å². The van der Waals surface area contributed by atoms with Crippen LogP contribution < -0.4 is 5.32 Å². The van der Waals surface area contributed by atoms with Gasteiger partial charge in [0.25, 0.3) is 5.91 Å². The van der Waals surface area contributed by atoms with Crippen molar-refractivity contribution in [2.45, 2.75) is 45.8 Å². The van der Waals surface area contributed by atoms with Crippen molar-refractivity contribution in [2.24, 2.45) is 0 Å². The number of carbonyl (C=O) groups is 2. The van der Waals surface area contributed by atoms with E-state index in [1.165, 1.54) is 6.08 Å². The molecular weight excluding hydrogens is 332 g/mol. The van der Waals surface area contributed by atoms with E-state index in [2.05, 4.69) is 15.4 Å². The van der Waals surface area contributed by atoms with Gasteiger partial charge < -0.3 is 10.1 Å². The van der Waals surface area contributed by atoms with Crippen LogP contribution in [0.4, 0.5) is 0 Å². The van der Waals surface area contributed by atoms with Crippen molar-refractivity contribution in [2.75, 3.05) is 0 Å². The van der Waals surface area contributed by atoms with Gasteiger partial charge in [0.2, 0.25) is 0 Å². The van der Waals surface area contributed by atoms with Crippen LogP contribution in [0, 0.1) is 6.92 Å². The van der Waals surface area contributed by atoms with Gasteiger partial charge in [0, 0.05) is 30.0 Å². The van der Waals surface area contributed by atoms with E-state index in [1.54, 1.807) is 30.9 Å². The molecule has 1 aliphatic rings. The molecule has 0 saturated heterocycles. The lowest BCUT2D eigenvalue weighted by atomic mass is 9.98. The van der Waals surface area contributed by atoms with Gasteiger partial charge in [-0.2, -0.15) is 5.10 Å². The third kappa shape index (κ3) is 3.66. The maximum atomic E-state index is 12.5. The van der Waals surface area contributed by atoms with E-state index in [1.807, 2.05) is 32.0 Å². The first-order valence-corrected chi connectivity index (χ1v) is 8.47. The predicted molar refractivity (Wildman–Crippen MR) is 95.5 cm³/mol. The fourth-order valence-electron chi connectivity index (χ4n) is 2.99. The van der Waals surface area contributed by atoms with Crippen molar-refractivity contribution in [1.82, 2.24) is 20.1 Å². The molecule has 1 atom stereocenters. The van der Waals surface area contributed by atoms with Gasteiger partial charge in [-0.1, -0.05) is 6.07 Å². The van der Waals surface area contributed by atoms with E-state index in [-0.39, 0.29) is 24.0 Å². The first kappa shape index (κ1) is 17.8. The molecular formula is C19H22N4O3. The molecule has 0 spiro atoms. The molecule has 1 N–H and O–H groups in total. The van der Waals surface area contributed by atoms with Gasteiger partial charge in [0.05, 0.1) is 12.2 Å². The Labute approximate surface area is 152 Å². The number of carbonyl (C=O) groups excluding carboxylic acids is 2. The Kier molecular flexibility index (Phi) is 4.63. The minimum atomic E-state index is -0.679. The quantitative estimate of drug-likeness (QED) is 0.911. The highest BCUT2D eigenvalue weighted by atomic mass is 16.5. The molecule has 0 bridgehead atoms. The van der Waals surface area contributed by atoms with Crippen molar-refractivity contribution < 1.29 is 14.3 Å². The first-order chi connectivity index (χ1) is 12.3. The van der Waals surface area contributed by atoms with E-state index in [4.69, 9.17) is 4.74 Å².